The third-order valence-corrected chi connectivity index (χ3v) is 5.28. The summed E-state index contributed by atoms with van der Waals surface area (Å²) in [4.78, 5) is 13.0. The Bertz CT molecular complexity index is 1100. The summed E-state index contributed by atoms with van der Waals surface area (Å²) in [7, 11) is 0. The summed E-state index contributed by atoms with van der Waals surface area (Å²) in [5.41, 5.74) is 3.29. The molecule has 1 aromatic carbocycles. The molecule has 5 nitrogen and oxygen atoms in total. The summed E-state index contributed by atoms with van der Waals surface area (Å²) >= 11 is 3.48. The Hall–Kier alpha value is -2.99. The van der Waals surface area contributed by atoms with Gasteiger partial charge in [-0.1, -0.05) is 24.3 Å². The fourth-order valence-corrected chi connectivity index (χ4v) is 3.25. The van der Waals surface area contributed by atoms with E-state index in [1.54, 1.807) is 24.8 Å². The number of rotatable bonds is 4. The molecule has 2 N–H and O–H groups in total. The summed E-state index contributed by atoms with van der Waals surface area (Å²) in [5.74, 6) is 0.869. The van der Waals surface area contributed by atoms with Crippen molar-refractivity contribution in [1.29, 1.82) is 0 Å². The number of hydrogen-bond acceptors (Lipinski definition) is 5. The second-order valence-electron chi connectivity index (χ2n) is 6.26. The third kappa shape index (κ3) is 3.48. The van der Waals surface area contributed by atoms with Crippen LogP contribution < -0.4 is 5.32 Å². The molecule has 0 amide bonds. The molecular weight excluding hydrogens is 404 g/mol. The molecule has 3 aromatic heterocycles. The van der Waals surface area contributed by atoms with Crippen LogP contribution in [0.1, 0.15) is 22.7 Å². The highest BCUT2D eigenvalue weighted by atomic mass is 79.9. The van der Waals surface area contributed by atoms with Crippen molar-refractivity contribution in [3.05, 3.63) is 88.4 Å². The van der Waals surface area contributed by atoms with Gasteiger partial charge < -0.3 is 10.4 Å². The molecule has 134 valence electrons. The highest BCUT2D eigenvalue weighted by molar-refractivity contribution is 9.10. The molecule has 0 saturated carbocycles. The van der Waals surface area contributed by atoms with E-state index in [0.29, 0.717) is 11.3 Å². The average molecular weight is 421 g/mol. The molecule has 0 saturated heterocycles. The van der Waals surface area contributed by atoms with Crippen LogP contribution in [0.5, 0.6) is 5.75 Å². The van der Waals surface area contributed by atoms with E-state index in [1.165, 1.54) is 0 Å². The normalized spacial score (nSPS) is 12.1. The van der Waals surface area contributed by atoms with Gasteiger partial charge in [-0.25, -0.2) is 4.98 Å². The Kier molecular flexibility index (Phi) is 4.73. The van der Waals surface area contributed by atoms with E-state index in [9.17, 15) is 5.11 Å². The minimum atomic E-state index is -0.321. The molecule has 0 radical (unpaired) electrons. The number of nitrogens with zero attached hydrogens (tertiary/aromatic N) is 3. The van der Waals surface area contributed by atoms with Gasteiger partial charge in [0.1, 0.15) is 17.1 Å². The van der Waals surface area contributed by atoms with Crippen LogP contribution in [-0.4, -0.2) is 20.1 Å². The van der Waals surface area contributed by atoms with Crippen LogP contribution in [0.25, 0.3) is 10.9 Å². The first-order valence-electron chi connectivity index (χ1n) is 8.48. The van der Waals surface area contributed by atoms with E-state index in [-0.39, 0.29) is 11.8 Å². The van der Waals surface area contributed by atoms with Gasteiger partial charge in [0, 0.05) is 40.2 Å². The summed E-state index contributed by atoms with van der Waals surface area (Å²) in [6.07, 6.45) is 6.95. The summed E-state index contributed by atoms with van der Waals surface area (Å²) in [5, 5.41) is 15.2. The maximum absolute atomic E-state index is 10.9. The number of nitrogens with one attached hydrogen (secondary N) is 1. The zero-order valence-corrected chi connectivity index (χ0v) is 16.2. The second-order valence-corrected chi connectivity index (χ2v) is 7.12. The number of aromatic hydroxyl groups is 1. The topological polar surface area (TPSA) is 70.9 Å². The lowest BCUT2D eigenvalue weighted by atomic mass is 9.97. The van der Waals surface area contributed by atoms with Gasteiger partial charge >= 0.3 is 0 Å². The lowest BCUT2D eigenvalue weighted by Crippen LogP contribution is -2.14. The van der Waals surface area contributed by atoms with Crippen molar-refractivity contribution in [3.8, 4) is 5.75 Å². The summed E-state index contributed by atoms with van der Waals surface area (Å²) < 4.78 is 0.948. The SMILES string of the molecule is Cc1cc(NC(c2cccnc2)c2ccc3cccnc3c2O)ncc1Br. The van der Waals surface area contributed by atoms with Crippen molar-refractivity contribution >= 4 is 32.7 Å². The second kappa shape index (κ2) is 7.32. The van der Waals surface area contributed by atoms with Gasteiger partial charge in [0.25, 0.3) is 0 Å². The molecule has 3 heterocycles. The molecule has 0 bridgehead atoms. The molecular formula is C21H17BrN4O. The van der Waals surface area contributed by atoms with Crippen LogP contribution in [0.2, 0.25) is 0 Å². The molecule has 1 unspecified atom stereocenters. The van der Waals surface area contributed by atoms with Gasteiger partial charge in [-0.3, -0.25) is 9.97 Å². The standard InChI is InChI=1S/C21H17BrN4O/c1-13-10-18(25-12-17(13)22)26-19(15-5-2-8-23-11-15)16-7-6-14-4-3-9-24-20(14)21(16)27/h2-12,19,27H,1H3,(H,25,26). The van der Waals surface area contributed by atoms with Crippen molar-refractivity contribution in [2.45, 2.75) is 13.0 Å². The fourth-order valence-electron chi connectivity index (χ4n) is 3.03. The number of phenolic OH excluding ortho intramolecular Hbond substituents is 1. The highest BCUT2D eigenvalue weighted by Gasteiger charge is 2.20. The molecule has 4 aromatic rings. The van der Waals surface area contributed by atoms with Crippen molar-refractivity contribution in [3.63, 3.8) is 0 Å². The van der Waals surface area contributed by atoms with Gasteiger partial charge in [-0.15, -0.1) is 0 Å². The van der Waals surface area contributed by atoms with Crippen molar-refractivity contribution < 1.29 is 5.11 Å². The summed E-state index contributed by atoms with van der Waals surface area (Å²) in [6.45, 7) is 2.01. The molecule has 0 aliphatic carbocycles. The number of phenols is 1. The minimum Gasteiger partial charge on any atom is -0.505 e. The Balaban J connectivity index is 1.83. The lowest BCUT2D eigenvalue weighted by molar-refractivity contribution is 0.471. The number of halogens is 1. The molecule has 27 heavy (non-hydrogen) atoms. The van der Waals surface area contributed by atoms with Gasteiger partial charge in [0.15, 0.2) is 0 Å². The van der Waals surface area contributed by atoms with Crippen LogP contribution in [-0.2, 0) is 0 Å². The van der Waals surface area contributed by atoms with E-state index in [2.05, 4.69) is 36.2 Å². The number of fused-ring (bicyclic) bond motifs is 1. The van der Waals surface area contributed by atoms with E-state index in [4.69, 9.17) is 0 Å². The monoisotopic (exact) mass is 420 g/mol. The zero-order chi connectivity index (χ0) is 18.8. The van der Waals surface area contributed by atoms with E-state index >= 15 is 0 Å². The predicted molar refractivity (Wildman–Crippen MR) is 110 cm³/mol. The minimum absolute atomic E-state index is 0.156. The van der Waals surface area contributed by atoms with Crippen LogP contribution in [0, 0.1) is 6.92 Å². The molecule has 0 spiro atoms. The Labute approximate surface area is 165 Å². The van der Waals surface area contributed by atoms with E-state index in [1.807, 2.05) is 49.4 Å². The maximum atomic E-state index is 10.9. The lowest BCUT2D eigenvalue weighted by Gasteiger charge is -2.22. The quantitative estimate of drug-likeness (QED) is 0.485. The van der Waals surface area contributed by atoms with Crippen LogP contribution in [0.3, 0.4) is 0 Å². The molecule has 4 rings (SSSR count). The van der Waals surface area contributed by atoms with Crippen molar-refractivity contribution in [2.75, 3.05) is 5.32 Å². The first kappa shape index (κ1) is 17.4. The summed E-state index contributed by atoms with van der Waals surface area (Å²) in [6, 6.07) is 13.1. The van der Waals surface area contributed by atoms with Gasteiger partial charge in [-0.2, -0.15) is 0 Å². The first-order chi connectivity index (χ1) is 13.1. The zero-order valence-electron chi connectivity index (χ0n) is 14.6. The Morgan fingerprint density at radius 3 is 2.67 bits per heavy atom. The predicted octanol–water partition coefficient (Wildman–Crippen LogP) is 5.00. The number of hydrogen-bond donors (Lipinski definition) is 2. The van der Waals surface area contributed by atoms with E-state index < -0.39 is 0 Å². The van der Waals surface area contributed by atoms with Crippen molar-refractivity contribution in [2.24, 2.45) is 0 Å². The van der Waals surface area contributed by atoms with Crippen LogP contribution in [0.15, 0.2) is 71.7 Å². The van der Waals surface area contributed by atoms with Crippen LogP contribution >= 0.6 is 15.9 Å². The van der Waals surface area contributed by atoms with Gasteiger partial charge in [-0.05, 0) is 52.2 Å². The Morgan fingerprint density at radius 1 is 1.04 bits per heavy atom. The molecule has 1 atom stereocenters. The highest BCUT2D eigenvalue weighted by Crippen LogP contribution is 2.36. The molecule has 0 fully saturated rings. The molecule has 0 aliphatic heterocycles. The average Bonchev–Trinajstić information content (AvgIpc) is 2.70. The fraction of sp³-hybridized carbons (Fsp3) is 0.0952. The molecule has 6 heteroatoms. The molecule has 0 aliphatic rings. The maximum Gasteiger partial charge on any atom is 0.147 e. The van der Waals surface area contributed by atoms with Gasteiger partial charge in [0.2, 0.25) is 0 Å². The van der Waals surface area contributed by atoms with Crippen LogP contribution in [0.4, 0.5) is 5.82 Å². The van der Waals surface area contributed by atoms with Crippen molar-refractivity contribution in [1.82, 2.24) is 15.0 Å². The number of aromatic nitrogens is 3. The third-order valence-electron chi connectivity index (χ3n) is 4.45. The first-order valence-corrected chi connectivity index (χ1v) is 9.28. The number of aryl methyl sites for hydroxylation is 1. The number of benzene rings is 1. The number of pyridine rings is 3. The Morgan fingerprint density at radius 2 is 1.89 bits per heavy atom. The number of anilines is 1. The smallest absolute Gasteiger partial charge is 0.147 e. The van der Waals surface area contributed by atoms with E-state index in [0.717, 1.165) is 26.5 Å². The van der Waals surface area contributed by atoms with Gasteiger partial charge in [0.05, 0.1) is 6.04 Å². The largest absolute Gasteiger partial charge is 0.505 e.